The molecule has 1 heterocycles. The Bertz CT molecular complexity index is 284. The molecule has 3 amide bonds. The van der Waals surface area contributed by atoms with E-state index in [1.54, 1.807) is 0 Å². The Morgan fingerprint density at radius 3 is 2.40 bits per heavy atom. The van der Waals surface area contributed by atoms with Crippen LogP contribution in [0, 0.1) is 5.92 Å². The van der Waals surface area contributed by atoms with Gasteiger partial charge >= 0.3 is 6.03 Å². The Morgan fingerprint density at radius 2 is 1.93 bits per heavy atom. The number of rotatable bonds is 2. The van der Waals surface area contributed by atoms with Crippen LogP contribution in [0.1, 0.15) is 45.4 Å². The van der Waals surface area contributed by atoms with Gasteiger partial charge in [0.05, 0.1) is 0 Å². The highest BCUT2D eigenvalue weighted by molar-refractivity contribution is 6.07. The quantitative estimate of drug-likeness (QED) is 0.679. The summed E-state index contributed by atoms with van der Waals surface area (Å²) >= 11 is 0. The minimum Gasteiger partial charge on any atom is -0.323 e. The molecule has 4 heteroatoms. The van der Waals surface area contributed by atoms with E-state index < -0.39 is 5.54 Å². The molecule has 0 radical (unpaired) electrons. The summed E-state index contributed by atoms with van der Waals surface area (Å²) in [5.41, 5.74) is -0.614. The Labute approximate surface area is 89.8 Å². The lowest BCUT2D eigenvalue weighted by atomic mass is 9.73. The molecule has 0 aromatic carbocycles. The van der Waals surface area contributed by atoms with Crippen LogP contribution in [0.4, 0.5) is 4.79 Å². The highest BCUT2D eigenvalue weighted by Gasteiger charge is 2.50. The average molecular weight is 210 g/mol. The predicted molar refractivity (Wildman–Crippen MR) is 56.3 cm³/mol. The van der Waals surface area contributed by atoms with Crippen LogP contribution >= 0.6 is 0 Å². The van der Waals surface area contributed by atoms with Gasteiger partial charge in [0.1, 0.15) is 5.54 Å². The molecule has 1 saturated heterocycles. The van der Waals surface area contributed by atoms with Crippen LogP contribution in [0.25, 0.3) is 0 Å². The lowest BCUT2D eigenvalue weighted by Crippen LogP contribution is -2.53. The van der Waals surface area contributed by atoms with Gasteiger partial charge in [-0.1, -0.05) is 26.2 Å². The zero-order chi connectivity index (χ0) is 10.9. The molecule has 4 nitrogen and oxygen atoms in total. The van der Waals surface area contributed by atoms with E-state index in [1.165, 1.54) is 19.3 Å². The Balaban J connectivity index is 2.20. The molecule has 0 spiro atoms. The summed E-state index contributed by atoms with van der Waals surface area (Å²) in [6.45, 7) is 1.97. The first kappa shape index (κ1) is 10.5. The largest absolute Gasteiger partial charge is 0.323 e. The van der Waals surface area contributed by atoms with E-state index >= 15 is 0 Å². The van der Waals surface area contributed by atoms with Crippen molar-refractivity contribution in [3.8, 4) is 0 Å². The van der Waals surface area contributed by atoms with Gasteiger partial charge in [-0.3, -0.25) is 10.1 Å². The predicted octanol–water partition coefficient (Wildman–Crippen LogP) is 1.55. The van der Waals surface area contributed by atoms with Gasteiger partial charge in [-0.15, -0.1) is 0 Å². The van der Waals surface area contributed by atoms with Crippen LogP contribution < -0.4 is 10.6 Å². The van der Waals surface area contributed by atoms with Gasteiger partial charge in [-0.25, -0.2) is 4.79 Å². The van der Waals surface area contributed by atoms with E-state index in [9.17, 15) is 9.59 Å². The molecular weight excluding hydrogens is 192 g/mol. The normalized spacial score (nSPS) is 32.6. The number of carbonyl (C=O) groups is 2. The topological polar surface area (TPSA) is 58.2 Å². The van der Waals surface area contributed by atoms with Crippen LogP contribution in [0.2, 0.25) is 0 Å². The second kappa shape index (κ2) is 3.83. The highest BCUT2D eigenvalue weighted by Crippen LogP contribution is 2.36. The van der Waals surface area contributed by atoms with Crippen molar-refractivity contribution in [1.82, 2.24) is 10.6 Å². The van der Waals surface area contributed by atoms with Crippen molar-refractivity contribution < 1.29 is 9.59 Å². The molecule has 0 bridgehead atoms. The molecule has 1 aliphatic heterocycles. The molecular formula is C11H18N2O2. The van der Waals surface area contributed by atoms with Crippen LogP contribution in [-0.2, 0) is 4.79 Å². The van der Waals surface area contributed by atoms with Crippen molar-refractivity contribution in [1.29, 1.82) is 0 Å². The summed E-state index contributed by atoms with van der Waals surface area (Å²) in [5, 5.41) is 5.20. The maximum absolute atomic E-state index is 11.8. The first-order valence-electron chi connectivity index (χ1n) is 5.82. The van der Waals surface area contributed by atoms with Gasteiger partial charge in [0.2, 0.25) is 0 Å². The van der Waals surface area contributed by atoms with Gasteiger partial charge in [0, 0.05) is 0 Å². The zero-order valence-electron chi connectivity index (χ0n) is 9.14. The summed E-state index contributed by atoms with van der Waals surface area (Å²) < 4.78 is 0. The molecule has 2 fully saturated rings. The first-order chi connectivity index (χ1) is 7.19. The van der Waals surface area contributed by atoms with Crippen LogP contribution in [0.5, 0.6) is 0 Å². The first-order valence-corrected chi connectivity index (χ1v) is 5.82. The van der Waals surface area contributed by atoms with Crippen molar-refractivity contribution in [2.24, 2.45) is 5.92 Å². The number of nitrogens with one attached hydrogen (secondary N) is 2. The Hall–Kier alpha value is -1.06. The molecule has 1 atom stereocenters. The summed E-state index contributed by atoms with van der Waals surface area (Å²) in [7, 11) is 0. The number of hydrogen-bond donors (Lipinski definition) is 2. The third-order valence-corrected chi connectivity index (χ3v) is 3.83. The fourth-order valence-corrected chi connectivity index (χ4v) is 2.93. The van der Waals surface area contributed by atoms with E-state index in [4.69, 9.17) is 0 Å². The number of carbonyl (C=O) groups excluding carboxylic acids is 2. The fourth-order valence-electron chi connectivity index (χ4n) is 2.93. The van der Waals surface area contributed by atoms with E-state index in [-0.39, 0.29) is 11.9 Å². The van der Waals surface area contributed by atoms with Crippen molar-refractivity contribution in [2.45, 2.75) is 51.0 Å². The van der Waals surface area contributed by atoms with Gasteiger partial charge in [0.15, 0.2) is 0 Å². The molecule has 84 valence electrons. The third kappa shape index (κ3) is 1.62. The Kier molecular flexibility index (Phi) is 2.67. The SMILES string of the molecule is CC[C@@]1(C2CCCCC2)NC(=O)NC1=O. The number of imide groups is 1. The second-order valence-corrected chi connectivity index (χ2v) is 4.57. The fraction of sp³-hybridized carbons (Fsp3) is 0.818. The van der Waals surface area contributed by atoms with E-state index in [0.29, 0.717) is 12.3 Å². The summed E-state index contributed by atoms with van der Waals surface area (Å²) in [4.78, 5) is 23.1. The number of hydrogen-bond acceptors (Lipinski definition) is 2. The van der Waals surface area contributed by atoms with Gasteiger partial charge in [0.25, 0.3) is 5.91 Å². The van der Waals surface area contributed by atoms with Crippen LogP contribution in [0.15, 0.2) is 0 Å². The van der Waals surface area contributed by atoms with E-state index in [2.05, 4.69) is 10.6 Å². The monoisotopic (exact) mass is 210 g/mol. The standard InChI is InChI=1S/C11H18N2O2/c1-2-11(8-6-4-3-5-7-8)9(14)12-10(15)13-11/h8H,2-7H2,1H3,(H2,12,13,14,15)/t11-/m0/s1. The zero-order valence-corrected chi connectivity index (χ0v) is 9.14. The highest BCUT2D eigenvalue weighted by atomic mass is 16.2. The van der Waals surface area contributed by atoms with Crippen LogP contribution in [0.3, 0.4) is 0 Å². The number of urea groups is 1. The molecule has 15 heavy (non-hydrogen) atoms. The van der Waals surface area contributed by atoms with Gasteiger partial charge in [-0.05, 0) is 25.2 Å². The molecule has 2 rings (SSSR count). The maximum Gasteiger partial charge on any atom is 0.322 e. The van der Waals surface area contributed by atoms with Gasteiger partial charge < -0.3 is 5.32 Å². The lowest BCUT2D eigenvalue weighted by molar-refractivity contribution is -0.126. The molecule has 0 unspecified atom stereocenters. The summed E-state index contributed by atoms with van der Waals surface area (Å²) in [6, 6.07) is -0.326. The Morgan fingerprint density at radius 1 is 1.27 bits per heavy atom. The van der Waals surface area contributed by atoms with Crippen molar-refractivity contribution in [3.05, 3.63) is 0 Å². The lowest BCUT2D eigenvalue weighted by Gasteiger charge is -2.36. The minimum atomic E-state index is -0.614. The van der Waals surface area contributed by atoms with Gasteiger partial charge in [-0.2, -0.15) is 0 Å². The summed E-state index contributed by atoms with van der Waals surface area (Å²) in [5.74, 6) is 0.199. The molecule has 0 aromatic heterocycles. The molecule has 1 aliphatic carbocycles. The summed E-state index contributed by atoms with van der Waals surface area (Å²) in [6.07, 6.45) is 6.41. The second-order valence-electron chi connectivity index (χ2n) is 4.57. The molecule has 2 aliphatic rings. The maximum atomic E-state index is 11.8. The van der Waals surface area contributed by atoms with Crippen molar-refractivity contribution >= 4 is 11.9 Å². The van der Waals surface area contributed by atoms with E-state index in [0.717, 1.165) is 12.8 Å². The van der Waals surface area contributed by atoms with Crippen molar-refractivity contribution in [3.63, 3.8) is 0 Å². The van der Waals surface area contributed by atoms with E-state index in [1.807, 2.05) is 6.92 Å². The molecule has 0 aromatic rings. The average Bonchev–Trinajstić information content (AvgIpc) is 2.56. The van der Waals surface area contributed by atoms with Crippen molar-refractivity contribution in [2.75, 3.05) is 0 Å². The minimum absolute atomic E-state index is 0.123. The number of amides is 3. The van der Waals surface area contributed by atoms with Crippen LogP contribution in [-0.4, -0.2) is 17.5 Å². The molecule has 1 saturated carbocycles. The smallest absolute Gasteiger partial charge is 0.322 e. The molecule has 2 N–H and O–H groups in total. The third-order valence-electron chi connectivity index (χ3n) is 3.83.